The Morgan fingerprint density at radius 1 is 1.37 bits per heavy atom. The van der Waals surface area contributed by atoms with Gasteiger partial charge in [0.2, 0.25) is 5.91 Å². The molecule has 0 spiro atoms. The Balaban J connectivity index is 2.27. The summed E-state index contributed by atoms with van der Waals surface area (Å²) in [4.78, 5) is 28.2. The molecule has 2 N–H and O–H groups in total. The number of carbonyl (C=O) groups is 2. The minimum Gasteiger partial charge on any atom is -0.478 e. The van der Waals surface area contributed by atoms with Gasteiger partial charge in [-0.05, 0) is 50.1 Å². The lowest BCUT2D eigenvalue weighted by Crippen LogP contribution is -2.25. The molecule has 1 unspecified atom stereocenters. The minimum atomic E-state index is -1.11. The van der Waals surface area contributed by atoms with Crippen LogP contribution in [0.3, 0.4) is 0 Å². The number of aromatic nitrogens is 1. The van der Waals surface area contributed by atoms with E-state index < -0.39 is 11.2 Å². The third-order valence-corrected chi connectivity index (χ3v) is 5.49. The van der Waals surface area contributed by atoms with E-state index in [9.17, 15) is 14.9 Å². The molecule has 1 atom stereocenters. The summed E-state index contributed by atoms with van der Waals surface area (Å²) in [6, 6.07) is 8.06. The van der Waals surface area contributed by atoms with Gasteiger partial charge >= 0.3 is 5.97 Å². The van der Waals surface area contributed by atoms with Crippen molar-refractivity contribution in [3.8, 4) is 6.07 Å². The van der Waals surface area contributed by atoms with Gasteiger partial charge in [0, 0.05) is 5.69 Å². The minimum absolute atomic E-state index is 0.0261. The van der Waals surface area contributed by atoms with Crippen molar-refractivity contribution in [2.24, 2.45) is 0 Å². The molecule has 0 aliphatic rings. The van der Waals surface area contributed by atoms with E-state index in [1.165, 1.54) is 30.0 Å². The van der Waals surface area contributed by atoms with Crippen molar-refractivity contribution in [3.05, 3.63) is 51.7 Å². The predicted octanol–water partition coefficient (Wildman–Crippen LogP) is 4.43. The van der Waals surface area contributed by atoms with Gasteiger partial charge in [0.25, 0.3) is 0 Å². The van der Waals surface area contributed by atoms with Crippen LogP contribution in [0, 0.1) is 25.2 Å². The first-order valence-corrected chi connectivity index (χ1v) is 9.41. The van der Waals surface area contributed by atoms with E-state index in [0.717, 1.165) is 11.3 Å². The number of hydrogen-bond acceptors (Lipinski definition) is 5. The lowest BCUT2D eigenvalue weighted by molar-refractivity contribution is -0.115. The highest BCUT2D eigenvalue weighted by atomic mass is 35.5. The van der Waals surface area contributed by atoms with Crippen LogP contribution < -0.4 is 5.32 Å². The van der Waals surface area contributed by atoms with E-state index in [0.29, 0.717) is 17.0 Å². The summed E-state index contributed by atoms with van der Waals surface area (Å²) < 4.78 is 0. The van der Waals surface area contributed by atoms with Gasteiger partial charge in [0.1, 0.15) is 11.1 Å². The average Bonchev–Trinajstić information content (AvgIpc) is 2.60. The second-order valence-electron chi connectivity index (χ2n) is 5.88. The van der Waals surface area contributed by atoms with Crippen LogP contribution in [0.2, 0.25) is 5.02 Å². The fraction of sp³-hybridized carbons (Fsp3) is 0.263. The normalized spacial score (nSPS) is 11.5. The molecule has 2 aromatic rings. The van der Waals surface area contributed by atoms with Crippen LogP contribution in [0.5, 0.6) is 0 Å². The molecule has 140 valence electrons. The summed E-state index contributed by atoms with van der Waals surface area (Å²) in [6.07, 6.45) is 0.492. The zero-order valence-electron chi connectivity index (χ0n) is 15.0. The van der Waals surface area contributed by atoms with E-state index in [2.05, 4.69) is 16.4 Å². The molecule has 0 bridgehead atoms. The number of carboxylic acids is 1. The Kier molecular flexibility index (Phi) is 6.83. The number of aromatic carboxylic acids is 1. The Morgan fingerprint density at radius 2 is 2.07 bits per heavy atom. The van der Waals surface area contributed by atoms with Crippen LogP contribution in [0.15, 0.2) is 29.3 Å². The van der Waals surface area contributed by atoms with Gasteiger partial charge in [-0.2, -0.15) is 5.26 Å². The first kappa shape index (κ1) is 20.7. The van der Waals surface area contributed by atoms with E-state index in [4.69, 9.17) is 16.7 Å². The molecule has 0 saturated heterocycles. The molecule has 1 amide bonds. The van der Waals surface area contributed by atoms with Crippen molar-refractivity contribution in [1.82, 2.24) is 4.98 Å². The summed E-state index contributed by atoms with van der Waals surface area (Å²) in [7, 11) is 0. The Hall–Kier alpha value is -2.56. The van der Waals surface area contributed by atoms with Gasteiger partial charge in [-0.25, -0.2) is 9.78 Å². The maximum absolute atomic E-state index is 12.7. The predicted molar refractivity (Wildman–Crippen MR) is 105 cm³/mol. The van der Waals surface area contributed by atoms with Crippen molar-refractivity contribution >= 4 is 40.9 Å². The molecule has 2 rings (SSSR count). The maximum Gasteiger partial charge on any atom is 0.335 e. The first-order chi connectivity index (χ1) is 12.8. The molecular weight excluding hydrogens is 386 g/mol. The van der Waals surface area contributed by atoms with Crippen LogP contribution in [0.4, 0.5) is 5.69 Å². The molecule has 27 heavy (non-hydrogen) atoms. The molecule has 1 aromatic carbocycles. The molecule has 0 aliphatic heterocycles. The zero-order chi connectivity index (χ0) is 20.1. The standard InChI is InChI=1S/C19H18ClN3O3S/c1-4-16(27-18-13(9-21)10(2)7-11(3)22-18)17(24)23-15-8-12(19(25)26)5-6-14(15)20/h5-8,16H,4H2,1-3H3,(H,23,24)(H,25,26). The SMILES string of the molecule is CCC(Sc1nc(C)cc(C)c1C#N)C(=O)Nc1cc(C(=O)O)ccc1Cl. The van der Waals surface area contributed by atoms with Crippen molar-refractivity contribution in [2.45, 2.75) is 37.5 Å². The second-order valence-corrected chi connectivity index (χ2v) is 7.47. The molecule has 0 radical (unpaired) electrons. The number of hydrogen-bond donors (Lipinski definition) is 2. The van der Waals surface area contributed by atoms with Gasteiger partial charge in [-0.3, -0.25) is 4.79 Å². The largest absolute Gasteiger partial charge is 0.478 e. The highest BCUT2D eigenvalue weighted by Crippen LogP contribution is 2.31. The number of amides is 1. The van der Waals surface area contributed by atoms with E-state index in [1.54, 1.807) is 0 Å². The molecule has 0 fully saturated rings. The van der Waals surface area contributed by atoms with Crippen molar-refractivity contribution in [1.29, 1.82) is 5.26 Å². The van der Waals surface area contributed by atoms with Crippen LogP contribution in [0.25, 0.3) is 0 Å². The Labute approximate surface area is 166 Å². The van der Waals surface area contributed by atoms with E-state index >= 15 is 0 Å². The Bertz CT molecular complexity index is 941. The lowest BCUT2D eigenvalue weighted by Gasteiger charge is -2.16. The number of rotatable bonds is 6. The van der Waals surface area contributed by atoms with Crippen molar-refractivity contribution in [2.75, 3.05) is 5.32 Å². The molecule has 1 heterocycles. The smallest absolute Gasteiger partial charge is 0.335 e. The van der Waals surface area contributed by atoms with Gasteiger partial charge in [-0.1, -0.05) is 30.3 Å². The number of aryl methyl sites for hydroxylation is 2. The van der Waals surface area contributed by atoms with Crippen molar-refractivity contribution < 1.29 is 14.7 Å². The third-order valence-electron chi connectivity index (χ3n) is 3.81. The van der Waals surface area contributed by atoms with Gasteiger partial charge < -0.3 is 10.4 Å². The van der Waals surface area contributed by atoms with Crippen LogP contribution in [-0.4, -0.2) is 27.2 Å². The lowest BCUT2D eigenvalue weighted by atomic mass is 10.1. The summed E-state index contributed by atoms with van der Waals surface area (Å²) in [6.45, 7) is 5.51. The number of thioether (sulfide) groups is 1. The number of carbonyl (C=O) groups excluding carboxylic acids is 1. The van der Waals surface area contributed by atoms with E-state index in [-0.39, 0.29) is 22.2 Å². The maximum atomic E-state index is 12.7. The number of anilines is 1. The average molecular weight is 404 g/mol. The number of halogens is 1. The molecule has 0 aliphatic carbocycles. The molecule has 1 aromatic heterocycles. The summed E-state index contributed by atoms with van der Waals surface area (Å²) >= 11 is 7.28. The summed E-state index contributed by atoms with van der Waals surface area (Å²) in [5, 5.41) is 21.4. The highest BCUT2D eigenvalue weighted by molar-refractivity contribution is 8.00. The van der Waals surface area contributed by atoms with E-state index in [1.807, 2.05) is 26.8 Å². The number of nitrogens with zero attached hydrogens (tertiary/aromatic N) is 2. The summed E-state index contributed by atoms with van der Waals surface area (Å²) in [5.74, 6) is -1.45. The fourth-order valence-electron chi connectivity index (χ4n) is 2.45. The molecule has 6 nitrogen and oxygen atoms in total. The molecular formula is C19H18ClN3O3S. The van der Waals surface area contributed by atoms with Gasteiger partial charge in [-0.15, -0.1) is 0 Å². The second kappa shape index (κ2) is 8.89. The number of nitriles is 1. The first-order valence-electron chi connectivity index (χ1n) is 8.15. The monoisotopic (exact) mass is 403 g/mol. The van der Waals surface area contributed by atoms with Gasteiger partial charge in [0.05, 0.1) is 27.1 Å². The molecule has 0 saturated carbocycles. The third kappa shape index (κ3) is 5.00. The Morgan fingerprint density at radius 3 is 2.67 bits per heavy atom. The quantitative estimate of drug-likeness (QED) is 0.691. The number of carboxylic acid groups (broad SMARTS) is 1. The van der Waals surface area contributed by atoms with Crippen LogP contribution in [-0.2, 0) is 4.79 Å². The highest BCUT2D eigenvalue weighted by Gasteiger charge is 2.22. The zero-order valence-corrected chi connectivity index (χ0v) is 16.6. The number of pyridine rings is 1. The van der Waals surface area contributed by atoms with Crippen molar-refractivity contribution in [3.63, 3.8) is 0 Å². The fourth-order valence-corrected chi connectivity index (χ4v) is 3.74. The number of benzene rings is 1. The topological polar surface area (TPSA) is 103 Å². The molecule has 8 heteroatoms. The number of nitrogens with one attached hydrogen (secondary N) is 1. The van der Waals surface area contributed by atoms with Crippen LogP contribution >= 0.6 is 23.4 Å². The van der Waals surface area contributed by atoms with Gasteiger partial charge in [0.15, 0.2) is 0 Å². The van der Waals surface area contributed by atoms with Crippen LogP contribution in [0.1, 0.15) is 40.5 Å². The summed E-state index contributed by atoms with van der Waals surface area (Å²) in [5.41, 5.74) is 2.27.